The second kappa shape index (κ2) is 8.71. The molecule has 146 valence electrons. The second-order valence-electron chi connectivity index (χ2n) is 7.21. The number of likely N-dealkylation sites (tertiary alicyclic amines) is 1. The van der Waals surface area contributed by atoms with Gasteiger partial charge in [0.05, 0.1) is 22.8 Å². The number of carbonyl (C=O) groups is 1. The molecule has 1 unspecified atom stereocenters. The van der Waals surface area contributed by atoms with E-state index >= 15 is 0 Å². The molecular formula is C19H27ClN6O. The number of aryl methyl sites for hydroxylation is 1. The van der Waals surface area contributed by atoms with Crippen LogP contribution in [0.4, 0.5) is 5.82 Å². The monoisotopic (exact) mass is 390 g/mol. The minimum Gasteiger partial charge on any atom is -0.367 e. The number of carbonyl (C=O) groups excluding carboxylic acids is 1. The Balaban J connectivity index is 1.67. The smallest absolute Gasteiger partial charge is 0.255 e. The predicted molar refractivity (Wildman–Crippen MR) is 107 cm³/mol. The third-order valence-electron chi connectivity index (χ3n) is 4.93. The molecule has 0 aliphatic carbocycles. The molecule has 0 aromatic carbocycles. The summed E-state index contributed by atoms with van der Waals surface area (Å²) in [6.07, 6.45) is 8.79. The fourth-order valence-corrected chi connectivity index (χ4v) is 3.60. The van der Waals surface area contributed by atoms with Gasteiger partial charge in [-0.05, 0) is 39.4 Å². The molecule has 27 heavy (non-hydrogen) atoms. The normalized spacial score (nSPS) is 15.8. The molecule has 1 fully saturated rings. The molecule has 1 aliphatic rings. The van der Waals surface area contributed by atoms with Crippen LogP contribution in [-0.4, -0.2) is 64.2 Å². The molecule has 2 aromatic rings. The average Bonchev–Trinajstić information content (AvgIpc) is 3.09. The topological polar surface area (TPSA) is 66.3 Å². The number of amides is 1. The van der Waals surface area contributed by atoms with Gasteiger partial charge in [-0.2, -0.15) is 5.10 Å². The van der Waals surface area contributed by atoms with Crippen molar-refractivity contribution >= 4 is 23.3 Å². The van der Waals surface area contributed by atoms with E-state index < -0.39 is 0 Å². The Morgan fingerprint density at radius 1 is 1.30 bits per heavy atom. The van der Waals surface area contributed by atoms with Crippen LogP contribution in [0.5, 0.6) is 0 Å². The summed E-state index contributed by atoms with van der Waals surface area (Å²) in [5.74, 6) is 0.597. The van der Waals surface area contributed by atoms with Crippen molar-refractivity contribution in [2.45, 2.75) is 25.3 Å². The fraction of sp³-hybridized carbons (Fsp3) is 0.526. The van der Waals surface area contributed by atoms with Crippen molar-refractivity contribution in [1.29, 1.82) is 0 Å². The standard InChI is InChI=1S/C19H27ClN6O/c1-24(2)17(15-11-23-25(3)13-15)12-22-18-16(20)9-14(10-21-18)19(27)26-7-5-4-6-8-26/h9-11,13,17H,4-8,12H2,1-3H3,(H,21,22). The molecule has 3 rings (SSSR count). The molecule has 8 heteroatoms. The maximum absolute atomic E-state index is 12.6. The van der Waals surface area contributed by atoms with Gasteiger partial charge in [-0.25, -0.2) is 4.98 Å². The van der Waals surface area contributed by atoms with Crippen LogP contribution in [-0.2, 0) is 7.05 Å². The molecule has 2 aromatic heterocycles. The number of rotatable bonds is 6. The SMILES string of the molecule is CN(C)C(CNc1ncc(C(=O)N2CCCCC2)cc1Cl)c1cnn(C)c1. The van der Waals surface area contributed by atoms with E-state index in [-0.39, 0.29) is 11.9 Å². The Labute approximate surface area is 165 Å². The van der Waals surface area contributed by atoms with Crippen molar-refractivity contribution in [3.8, 4) is 0 Å². The molecule has 3 heterocycles. The zero-order valence-electron chi connectivity index (χ0n) is 16.2. The summed E-state index contributed by atoms with van der Waals surface area (Å²) in [7, 11) is 5.95. The van der Waals surface area contributed by atoms with Crippen LogP contribution in [0.3, 0.4) is 0 Å². The Hall–Kier alpha value is -2.12. The van der Waals surface area contributed by atoms with E-state index in [2.05, 4.69) is 20.3 Å². The number of likely N-dealkylation sites (N-methyl/N-ethyl adjacent to an activating group) is 1. The zero-order chi connectivity index (χ0) is 19.4. The lowest BCUT2D eigenvalue weighted by molar-refractivity contribution is 0.0724. The summed E-state index contributed by atoms with van der Waals surface area (Å²) in [5, 5.41) is 8.01. The maximum Gasteiger partial charge on any atom is 0.255 e. The number of halogens is 1. The molecule has 1 atom stereocenters. The summed E-state index contributed by atoms with van der Waals surface area (Å²) in [6.45, 7) is 2.25. The van der Waals surface area contributed by atoms with Crippen LogP contribution in [0, 0.1) is 0 Å². The molecule has 0 saturated carbocycles. The van der Waals surface area contributed by atoms with Crippen molar-refractivity contribution in [3.63, 3.8) is 0 Å². The number of anilines is 1. The number of pyridine rings is 1. The van der Waals surface area contributed by atoms with Crippen LogP contribution >= 0.6 is 11.6 Å². The quantitative estimate of drug-likeness (QED) is 0.821. The van der Waals surface area contributed by atoms with Gasteiger partial charge in [0.25, 0.3) is 5.91 Å². The minimum absolute atomic E-state index is 0.0113. The molecule has 0 spiro atoms. The van der Waals surface area contributed by atoms with Gasteiger partial charge >= 0.3 is 0 Å². The second-order valence-corrected chi connectivity index (χ2v) is 7.62. The van der Waals surface area contributed by atoms with E-state index in [0.29, 0.717) is 22.9 Å². The Morgan fingerprint density at radius 3 is 2.63 bits per heavy atom. The van der Waals surface area contributed by atoms with Gasteiger partial charge in [-0.15, -0.1) is 0 Å². The van der Waals surface area contributed by atoms with Crippen LogP contribution < -0.4 is 5.32 Å². The van der Waals surface area contributed by atoms with Crippen LogP contribution in [0.25, 0.3) is 0 Å². The average molecular weight is 391 g/mol. The zero-order valence-corrected chi connectivity index (χ0v) is 16.9. The highest BCUT2D eigenvalue weighted by Crippen LogP contribution is 2.24. The highest BCUT2D eigenvalue weighted by molar-refractivity contribution is 6.33. The van der Waals surface area contributed by atoms with E-state index in [9.17, 15) is 4.79 Å². The van der Waals surface area contributed by atoms with Crippen molar-refractivity contribution in [3.05, 3.63) is 40.8 Å². The van der Waals surface area contributed by atoms with Crippen LogP contribution in [0.15, 0.2) is 24.7 Å². The predicted octanol–water partition coefficient (Wildman–Crippen LogP) is 2.81. The van der Waals surface area contributed by atoms with Crippen molar-refractivity contribution < 1.29 is 4.79 Å². The van der Waals surface area contributed by atoms with Gasteiger partial charge in [-0.1, -0.05) is 11.6 Å². The number of hydrogen-bond donors (Lipinski definition) is 1. The Kier molecular flexibility index (Phi) is 6.34. The van der Waals surface area contributed by atoms with E-state index in [1.54, 1.807) is 16.9 Å². The molecule has 7 nitrogen and oxygen atoms in total. The Morgan fingerprint density at radius 2 is 2.04 bits per heavy atom. The van der Waals surface area contributed by atoms with Gasteiger partial charge < -0.3 is 15.1 Å². The van der Waals surface area contributed by atoms with Crippen molar-refractivity contribution in [1.82, 2.24) is 24.6 Å². The summed E-state index contributed by atoms with van der Waals surface area (Å²) in [6, 6.07) is 1.84. The first-order chi connectivity index (χ1) is 13.0. The third-order valence-corrected chi connectivity index (χ3v) is 5.22. The largest absolute Gasteiger partial charge is 0.367 e. The summed E-state index contributed by atoms with van der Waals surface area (Å²) < 4.78 is 1.79. The highest BCUT2D eigenvalue weighted by Gasteiger charge is 2.20. The first-order valence-electron chi connectivity index (χ1n) is 9.29. The van der Waals surface area contributed by atoms with E-state index in [0.717, 1.165) is 31.5 Å². The summed E-state index contributed by atoms with van der Waals surface area (Å²) in [5.41, 5.74) is 1.66. The first-order valence-corrected chi connectivity index (χ1v) is 9.67. The van der Waals surface area contributed by atoms with E-state index in [4.69, 9.17) is 11.6 Å². The molecule has 1 N–H and O–H groups in total. The van der Waals surface area contributed by atoms with Gasteiger partial charge in [0.1, 0.15) is 5.82 Å². The molecule has 0 bridgehead atoms. The fourth-order valence-electron chi connectivity index (χ4n) is 3.37. The molecule has 1 saturated heterocycles. The van der Waals surface area contributed by atoms with Crippen molar-refractivity contribution in [2.24, 2.45) is 7.05 Å². The number of hydrogen-bond acceptors (Lipinski definition) is 5. The van der Waals surface area contributed by atoms with Gasteiger partial charge in [0.2, 0.25) is 0 Å². The molecular weight excluding hydrogens is 364 g/mol. The number of aromatic nitrogens is 3. The van der Waals surface area contributed by atoms with E-state index in [1.165, 1.54) is 6.42 Å². The minimum atomic E-state index is 0.0113. The number of piperidine rings is 1. The van der Waals surface area contributed by atoms with Gasteiger partial charge in [0, 0.05) is 44.6 Å². The van der Waals surface area contributed by atoms with Crippen LogP contribution in [0.1, 0.15) is 41.2 Å². The molecule has 0 radical (unpaired) electrons. The number of nitrogens with one attached hydrogen (secondary N) is 1. The lowest BCUT2D eigenvalue weighted by Crippen LogP contribution is -2.35. The first kappa shape index (κ1) is 19.6. The van der Waals surface area contributed by atoms with Crippen molar-refractivity contribution in [2.75, 3.05) is 39.0 Å². The molecule has 1 amide bonds. The molecule has 1 aliphatic heterocycles. The van der Waals surface area contributed by atoms with Gasteiger partial charge in [-0.3, -0.25) is 9.48 Å². The highest BCUT2D eigenvalue weighted by atomic mass is 35.5. The van der Waals surface area contributed by atoms with Gasteiger partial charge in [0.15, 0.2) is 0 Å². The van der Waals surface area contributed by atoms with E-state index in [1.807, 2.05) is 38.4 Å². The summed E-state index contributed by atoms with van der Waals surface area (Å²) in [4.78, 5) is 21.0. The lowest BCUT2D eigenvalue weighted by atomic mass is 10.1. The third kappa shape index (κ3) is 4.78. The Bertz CT molecular complexity index is 784. The maximum atomic E-state index is 12.6. The van der Waals surface area contributed by atoms with Crippen LogP contribution in [0.2, 0.25) is 5.02 Å². The summed E-state index contributed by atoms with van der Waals surface area (Å²) >= 11 is 6.40. The lowest BCUT2D eigenvalue weighted by Gasteiger charge is -2.27. The number of nitrogens with zero attached hydrogens (tertiary/aromatic N) is 5.